The Balaban J connectivity index is 1.72. The van der Waals surface area contributed by atoms with Crippen LogP contribution in [0, 0.1) is 0 Å². The molecule has 0 bridgehead atoms. The van der Waals surface area contributed by atoms with E-state index in [0.717, 1.165) is 22.4 Å². The van der Waals surface area contributed by atoms with Gasteiger partial charge in [-0.2, -0.15) is 0 Å². The topological polar surface area (TPSA) is 87.7 Å². The van der Waals surface area contributed by atoms with E-state index in [0.29, 0.717) is 35.8 Å². The van der Waals surface area contributed by atoms with Crippen molar-refractivity contribution in [1.82, 2.24) is 10.3 Å². The monoisotopic (exact) mass is 357 g/mol. The standard InChI is InChI=1S/C21H15N3O3/c25-19-18-16(13-8-4-5-9-15(13)23-18)14(10-11-22-19)17-21(26)27-20(24-17)12-6-2-1-3-7-12/h1-9,26H,10-11H2,(H,22,25). The van der Waals surface area contributed by atoms with Gasteiger partial charge >= 0.3 is 5.95 Å². The van der Waals surface area contributed by atoms with E-state index in [-0.39, 0.29) is 11.9 Å². The number of carbonyl (C=O) groups is 1. The van der Waals surface area contributed by atoms with E-state index in [1.807, 2.05) is 54.6 Å². The number of fused-ring (bicyclic) bond motifs is 3. The summed E-state index contributed by atoms with van der Waals surface area (Å²) in [4.78, 5) is 21.5. The number of oxazole rings is 1. The molecule has 1 amide bonds. The number of amides is 1. The minimum Gasteiger partial charge on any atom is -0.479 e. The van der Waals surface area contributed by atoms with Gasteiger partial charge in [-0.3, -0.25) is 4.79 Å². The third-order valence-electron chi connectivity index (χ3n) is 4.74. The van der Waals surface area contributed by atoms with E-state index in [2.05, 4.69) is 15.3 Å². The molecule has 0 saturated carbocycles. The molecule has 0 spiro atoms. The number of nitrogens with one attached hydrogen (secondary N) is 1. The molecule has 5 rings (SSSR count). The van der Waals surface area contributed by atoms with Gasteiger partial charge in [0.25, 0.3) is 5.91 Å². The van der Waals surface area contributed by atoms with Crippen molar-refractivity contribution >= 4 is 28.5 Å². The molecule has 3 heterocycles. The molecule has 1 aromatic heterocycles. The summed E-state index contributed by atoms with van der Waals surface area (Å²) in [6, 6.07) is 17.0. The average molecular weight is 357 g/mol. The summed E-state index contributed by atoms with van der Waals surface area (Å²) in [5, 5.41) is 13.3. The van der Waals surface area contributed by atoms with Crippen LogP contribution in [0.3, 0.4) is 0 Å². The first-order valence-corrected chi connectivity index (χ1v) is 8.68. The van der Waals surface area contributed by atoms with Crippen molar-refractivity contribution in [3.05, 3.63) is 65.9 Å². The molecule has 2 aliphatic heterocycles. The van der Waals surface area contributed by atoms with Gasteiger partial charge in [-0.05, 0) is 30.2 Å². The number of nitrogens with zero attached hydrogens (tertiary/aromatic N) is 2. The number of para-hydroxylation sites is 1. The third kappa shape index (κ3) is 2.45. The SMILES string of the molecule is O=C1NCCC(c2nc(-c3ccccc3)oc2O)=C2C1=Nc1ccccc12. The minimum absolute atomic E-state index is 0.220. The predicted molar refractivity (Wildman–Crippen MR) is 102 cm³/mol. The molecule has 132 valence electrons. The molecule has 0 fully saturated rings. The summed E-state index contributed by atoms with van der Waals surface area (Å²) >= 11 is 0. The summed E-state index contributed by atoms with van der Waals surface area (Å²) in [7, 11) is 0. The quantitative estimate of drug-likeness (QED) is 0.734. The summed E-state index contributed by atoms with van der Waals surface area (Å²) in [5.74, 6) is -0.138. The van der Waals surface area contributed by atoms with E-state index < -0.39 is 0 Å². The van der Waals surface area contributed by atoms with Crippen molar-refractivity contribution in [2.24, 2.45) is 4.99 Å². The number of aliphatic imine (C=N–C) groups is 1. The normalized spacial score (nSPS) is 15.7. The first-order valence-electron chi connectivity index (χ1n) is 8.68. The number of carbonyl (C=O) groups excluding carboxylic acids is 1. The van der Waals surface area contributed by atoms with Crippen molar-refractivity contribution in [3.63, 3.8) is 0 Å². The average Bonchev–Trinajstić information content (AvgIpc) is 3.23. The van der Waals surface area contributed by atoms with Gasteiger partial charge in [-0.15, -0.1) is 0 Å². The van der Waals surface area contributed by atoms with Gasteiger partial charge in [-0.25, -0.2) is 9.98 Å². The van der Waals surface area contributed by atoms with Crippen molar-refractivity contribution in [2.45, 2.75) is 6.42 Å². The fourth-order valence-corrected chi connectivity index (χ4v) is 3.52. The Bertz CT molecular complexity index is 1130. The molecule has 2 N–H and O–H groups in total. The van der Waals surface area contributed by atoms with Crippen LogP contribution in [0.1, 0.15) is 17.7 Å². The second kappa shape index (κ2) is 5.95. The fourth-order valence-electron chi connectivity index (χ4n) is 3.52. The molecular formula is C21H15N3O3. The zero-order chi connectivity index (χ0) is 18.4. The van der Waals surface area contributed by atoms with Crippen LogP contribution in [0.2, 0.25) is 0 Å². The van der Waals surface area contributed by atoms with Crippen molar-refractivity contribution in [2.75, 3.05) is 6.54 Å². The van der Waals surface area contributed by atoms with E-state index in [1.165, 1.54) is 0 Å². The summed E-state index contributed by atoms with van der Waals surface area (Å²) in [6.45, 7) is 0.436. The highest BCUT2D eigenvalue weighted by Crippen LogP contribution is 2.43. The van der Waals surface area contributed by atoms with Gasteiger partial charge < -0.3 is 14.8 Å². The van der Waals surface area contributed by atoms with Crippen LogP contribution in [-0.4, -0.2) is 28.3 Å². The highest BCUT2D eigenvalue weighted by atomic mass is 16.5. The van der Waals surface area contributed by atoms with Gasteiger partial charge in [0.1, 0.15) is 5.71 Å². The van der Waals surface area contributed by atoms with Crippen LogP contribution in [-0.2, 0) is 4.79 Å². The molecule has 2 aliphatic rings. The Morgan fingerprint density at radius 2 is 1.81 bits per heavy atom. The molecule has 6 nitrogen and oxygen atoms in total. The smallest absolute Gasteiger partial charge is 0.311 e. The predicted octanol–water partition coefficient (Wildman–Crippen LogP) is 3.56. The van der Waals surface area contributed by atoms with Gasteiger partial charge in [0.15, 0.2) is 5.69 Å². The second-order valence-corrected chi connectivity index (χ2v) is 6.38. The van der Waals surface area contributed by atoms with Crippen molar-refractivity contribution < 1.29 is 14.3 Å². The van der Waals surface area contributed by atoms with Crippen LogP contribution in [0.15, 0.2) is 64.0 Å². The summed E-state index contributed by atoms with van der Waals surface area (Å²) in [5.41, 5.74) is 4.54. The molecule has 0 saturated heterocycles. The maximum absolute atomic E-state index is 12.5. The first-order chi connectivity index (χ1) is 13.2. The van der Waals surface area contributed by atoms with Gasteiger partial charge in [0.2, 0.25) is 5.89 Å². The van der Waals surface area contributed by atoms with Crippen LogP contribution < -0.4 is 5.32 Å². The zero-order valence-corrected chi connectivity index (χ0v) is 14.3. The van der Waals surface area contributed by atoms with E-state index >= 15 is 0 Å². The van der Waals surface area contributed by atoms with E-state index in [9.17, 15) is 9.90 Å². The number of rotatable bonds is 2. The van der Waals surface area contributed by atoms with E-state index in [4.69, 9.17) is 4.42 Å². The number of hydrogen-bond donors (Lipinski definition) is 2. The molecular weight excluding hydrogens is 342 g/mol. The maximum atomic E-state index is 12.5. The lowest BCUT2D eigenvalue weighted by Crippen LogP contribution is -2.29. The summed E-state index contributed by atoms with van der Waals surface area (Å²) in [6.07, 6.45) is 0.517. The lowest BCUT2D eigenvalue weighted by molar-refractivity contribution is -0.114. The van der Waals surface area contributed by atoms with Crippen LogP contribution in [0.5, 0.6) is 5.95 Å². The fraction of sp³-hybridized carbons (Fsp3) is 0.0952. The Hall–Kier alpha value is -3.67. The number of aromatic hydroxyl groups is 1. The second-order valence-electron chi connectivity index (χ2n) is 6.38. The zero-order valence-electron chi connectivity index (χ0n) is 14.3. The number of benzene rings is 2. The molecule has 0 radical (unpaired) electrons. The van der Waals surface area contributed by atoms with Gasteiger partial charge in [-0.1, -0.05) is 36.4 Å². The molecule has 27 heavy (non-hydrogen) atoms. The Morgan fingerprint density at radius 3 is 2.67 bits per heavy atom. The Kier molecular flexibility index (Phi) is 3.43. The highest BCUT2D eigenvalue weighted by molar-refractivity contribution is 6.60. The molecule has 3 aromatic rings. The van der Waals surface area contributed by atoms with Crippen LogP contribution in [0.25, 0.3) is 22.6 Å². The highest BCUT2D eigenvalue weighted by Gasteiger charge is 2.33. The van der Waals surface area contributed by atoms with Crippen molar-refractivity contribution in [3.8, 4) is 17.4 Å². The van der Waals surface area contributed by atoms with Crippen LogP contribution in [0.4, 0.5) is 5.69 Å². The van der Waals surface area contributed by atoms with Crippen molar-refractivity contribution in [1.29, 1.82) is 0 Å². The molecule has 6 heteroatoms. The first kappa shape index (κ1) is 15.6. The van der Waals surface area contributed by atoms with E-state index in [1.54, 1.807) is 0 Å². The molecule has 0 atom stereocenters. The molecule has 2 aromatic carbocycles. The Morgan fingerprint density at radius 1 is 1.04 bits per heavy atom. The molecule has 0 aliphatic carbocycles. The lowest BCUT2D eigenvalue weighted by Gasteiger charge is -2.07. The lowest BCUT2D eigenvalue weighted by atomic mass is 9.94. The van der Waals surface area contributed by atoms with Gasteiger partial charge in [0, 0.05) is 23.2 Å². The molecule has 0 unspecified atom stereocenters. The Labute approximate surface area is 154 Å². The number of aromatic nitrogens is 1. The largest absolute Gasteiger partial charge is 0.479 e. The number of hydrogen-bond acceptors (Lipinski definition) is 5. The maximum Gasteiger partial charge on any atom is 0.311 e. The summed E-state index contributed by atoms with van der Waals surface area (Å²) < 4.78 is 5.52. The van der Waals surface area contributed by atoms with Gasteiger partial charge in [0.05, 0.1) is 5.69 Å². The van der Waals surface area contributed by atoms with Crippen LogP contribution >= 0.6 is 0 Å². The minimum atomic E-state index is -0.255. The third-order valence-corrected chi connectivity index (χ3v) is 4.74.